The Bertz CT molecular complexity index is 379. The van der Waals surface area contributed by atoms with E-state index in [-0.39, 0.29) is 18.3 Å². The number of nitrogens with two attached hydrogens (primary N) is 1. The van der Waals surface area contributed by atoms with Gasteiger partial charge in [0, 0.05) is 12.8 Å². The van der Waals surface area contributed by atoms with E-state index in [2.05, 4.69) is 5.32 Å². The van der Waals surface area contributed by atoms with E-state index >= 15 is 0 Å². The molecule has 1 amide bonds. The van der Waals surface area contributed by atoms with Gasteiger partial charge in [-0.05, 0) is 30.7 Å². The molecule has 0 spiro atoms. The molecule has 88 valence electrons. The number of amides is 1. The first kappa shape index (κ1) is 12.5. The Hall–Kier alpha value is -1.59. The summed E-state index contributed by atoms with van der Waals surface area (Å²) in [6.07, 6.45) is 0. The predicted octanol–water partition coefficient (Wildman–Crippen LogP) is 0.613. The highest BCUT2D eigenvalue weighted by Gasteiger charge is 2.13. The summed E-state index contributed by atoms with van der Waals surface area (Å²) < 4.78 is 4.79. The van der Waals surface area contributed by atoms with Crippen molar-refractivity contribution >= 4 is 11.6 Å². The van der Waals surface area contributed by atoms with E-state index in [9.17, 15) is 9.90 Å². The van der Waals surface area contributed by atoms with E-state index < -0.39 is 6.04 Å². The van der Waals surface area contributed by atoms with Crippen LogP contribution < -0.4 is 11.1 Å². The van der Waals surface area contributed by atoms with Gasteiger partial charge in [0.2, 0.25) is 5.91 Å². The Kier molecular flexibility index (Phi) is 4.28. The van der Waals surface area contributed by atoms with Crippen molar-refractivity contribution in [3.8, 4) is 5.75 Å². The summed E-state index contributed by atoms with van der Waals surface area (Å²) in [7, 11) is 1.49. The highest BCUT2D eigenvalue weighted by atomic mass is 16.5. The molecule has 0 saturated carbocycles. The van der Waals surface area contributed by atoms with E-state index in [1.807, 2.05) is 0 Å². The standard InChI is InChI=1S/C11H16N2O3/c1-7-5-8(14)3-4-10(7)13-11(15)9(12)6-16-2/h3-5,9,14H,6,12H2,1-2H3,(H,13,15). The molecule has 0 aliphatic rings. The Labute approximate surface area is 94.2 Å². The minimum atomic E-state index is -0.696. The number of benzene rings is 1. The minimum absolute atomic E-state index is 0.164. The van der Waals surface area contributed by atoms with Crippen LogP contribution in [0.2, 0.25) is 0 Å². The van der Waals surface area contributed by atoms with E-state index in [0.717, 1.165) is 5.56 Å². The number of phenolic OH excluding ortho intramolecular Hbond substituents is 1. The number of anilines is 1. The molecule has 1 aromatic carbocycles. The SMILES string of the molecule is COCC(N)C(=O)Nc1ccc(O)cc1C. The second-order valence-electron chi connectivity index (χ2n) is 3.55. The summed E-state index contributed by atoms with van der Waals surface area (Å²) >= 11 is 0. The van der Waals surface area contributed by atoms with Crippen molar-refractivity contribution in [1.29, 1.82) is 0 Å². The number of ether oxygens (including phenoxy) is 1. The number of carbonyl (C=O) groups excluding carboxylic acids is 1. The van der Waals surface area contributed by atoms with Gasteiger partial charge < -0.3 is 20.9 Å². The number of methoxy groups -OCH3 is 1. The van der Waals surface area contributed by atoms with E-state index in [1.165, 1.54) is 13.2 Å². The number of aromatic hydroxyl groups is 1. The molecule has 0 aromatic heterocycles. The van der Waals surface area contributed by atoms with Crippen LogP contribution in [-0.4, -0.2) is 30.8 Å². The number of rotatable bonds is 4. The highest BCUT2D eigenvalue weighted by molar-refractivity contribution is 5.95. The lowest BCUT2D eigenvalue weighted by molar-refractivity contribution is -0.118. The van der Waals surface area contributed by atoms with Gasteiger partial charge in [-0.1, -0.05) is 0 Å². The fourth-order valence-electron chi connectivity index (χ4n) is 1.27. The monoisotopic (exact) mass is 224 g/mol. The molecular weight excluding hydrogens is 208 g/mol. The number of hydrogen-bond acceptors (Lipinski definition) is 4. The van der Waals surface area contributed by atoms with Crippen LogP contribution in [0.3, 0.4) is 0 Å². The van der Waals surface area contributed by atoms with E-state index in [0.29, 0.717) is 5.69 Å². The number of nitrogens with one attached hydrogen (secondary N) is 1. The molecule has 5 heteroatoms. The van der Waals surface area contributed by atoms with Crippen LogP contribution in [0.4, 0.5) is 5.69 Å². The van der Waals surface area contributed by atoms with Crippen LogP contribution in [0.15, 0.2) is 18.2 Å². The maximum Gasteiger partial charge on any atom is 0.243 e. The first-order chi connectivity index (χ1) is 7.54. The van der Waals surface area contributed by atoms with Gasteiger partial charge in [0.15, 0.2) is 0 Å². The Balaban J connectivity index is 2.69. The second kappa shape index (κ2) is 5.48. The average molecular weight is 224 g/mol. The molecule has 16 heavy (non-hydrogen) atoms. The van der Waals surface area contributed by atoms with Crippen LogP contribution in [0, 0.1) is 6.92 Å². The summed E-state index contributed by atoms with van der Waals surface area (Å²) in [5.41, 5.74) is 6.98. The van der Waals surface area contributed by atoms with Crippen molar-refractivity contribution in [1.82, 2.24) is 0 Å². The van der Waals surface area contributed by atoms with Crippen molar-refractivity contribution in [2.45, 2.75) is 13.0 Å². The molecule has 0 aliphatic heterocycles. The highest BCUT2D eigenvalue weighted by Crippen LogP contribution is 2.19. The average Bonchev–Trinajstić information content (AvgIpc) is 2.22. The smallest absolute Gasteiger partial charge is 0.243 e. The molecule has 1 rings (SSSR count). The Morgan fingerprint density at radius 3 is 2.88 bits per heavy atom. The van der Waals surface area contributed by atoms with Gasteiger partial charge in [0.05, 0.1) is 6.61 Å². The zero-order valence-electron chi connectivity index (χ0n) is 9.36. The van der Waals surface area contributed by atoms with Gasteiger partial charge in [-0.2, -0.15) is 0 Å². The molecule has 0 radical (unpaired) electrons. The summed E-state index contributed by atoms with van der Waals surface area (Å²) in [5.74, 6) is -0.146. The maximum absolute atomic E-state index is 11.6. The fraction of sp³-hybridized carbons (Fsp3) is 0.364. The maximum atomic E-state index is 11.6. The van der Waals surface area contributed by atoms with Gasteiger partial charge in [-0.15, -0.1) is 0 Å². The molecule has 0 saturated heterocycles. The zero-order valence-corrected chi connectivity index (χ0v) is 9.36. The predicted molar refractivity (Wildman–Crippen MR) is 61.3 cm³/mol. The lowest BCUT2D eigenvalue weighted by Crippen LogP contribution is -2.39. The van der Waals surface area contributed by atoms with Gasteiger partial charge in [-0.3, -0.25) is 4.79 Å². The van der Waals surface area contributed by atoms with Crippen LogP contribution in [0.1, 0.15) is 5.56 Å². The zero-order chi connectivity index (χ0) is 12.1. The van der Waals surface area contributed by atoms with E-state index in [1.54, 1.807) is 19.1 Å². The van der Waals surface area contributed by atoms with Crippen LogP contribution in [0.25, 0.3) is 0 Å². The normalized spacial score (nSPS) is 12.2. The molecule has 0 bridgehead atoms. The third-order valence-electron chi connectivity index (χ3n) is 2.15. The lowest BCUT2D eigenvalue weighted by atomic mass is 10.2. The number of carbonyl (C=O) groups is 1. The summed E-state index contributed by atoms with van der Waals surface area (Å²) in [6, 6.07) is 4.00. The number of phenols is 1. The molecule has 0 aliphatic carbocycles. The summed E-state index contributed by atoms with van der Waals surface area (Å²) in [5, 5.41) is 11.9. The van der Waals surface area contributed by atoms with E-state index in [4.69, 9.17) is 10.5 Å². The van der Waals surface area contributed by atoms with Crippen LogP contribution >= 0.6 is 0 Å². The molecule has 5 nitrogen and oxygen atoms in total. The molecular formula is C11H16N2O3. The van der Waals surface area contributed by atoms with Crippen molar-refractivity contribution in [2.24, 2.45) is 5.73 Å². The van der Waals surface area contributed by atoms with Crippen LogP contribution in [0.5, 0.6) is 5.75 Å². The molecule has 0 heterocycles. The third kappa shape index (κ3) is 3.22. The van der Waals surface area contributed by atoms with Crippen molar-refractivity contribution < 1.29 is 14.6 Å². The second-order valence-corrected chi connectivity index (χ2v) is 3.55. The fourth-order valence-corrected chi connectivity index (χ4v) is 1.27. The first-order valence-electron chi connectivity index (χ1n) is 4.89. The third-order valence-corrected chi connectivity index (χ3v) is 2.15. The van der Waals surface area contributed by atoms with Gasteiger partial charge in [0.25, 0.3) is 0 Å². The quantitative estimate of drug-likeness (QED) is 0.654. The number of hydrogen-bond donors (Lipinski definition) is 3. The molecule has 1 unspecified atom stereocenters. The van der Waals surface area contributed by atoms with Crippen molar-refractivity contribution in [3.05, 3.63) is 23.8 Å². The molecule has 1 aromatic rings. The largest absolute Gasteiger partial charge is 0.508 e. The van der Waals surface area contributed by atoms with Crippen molar-refractivity contribution in [2.75, 3.05) is 19.0 Å². The minimum Gasteiger partial charge on any atom is -0.508 e. The number of aryl methyl sites for hydroxylation is 1. The Morgan fingerprint density at radius 2 is 2.31 bits per heavy atom. The molecule has 1 atom stereocenters. The van der Waals surface area contributed by atoms with Gasteiger partial charge in [-0.25, -0.2) is 0 Å². The van der Waals surface area contributed by atoms with Crippen LogP contribution in [-0.2, 0) is 9.53 Å². The van der Waals surface area contributed by atoms with Crippen molar-refractivity contribution in [3.63, 3.8) is 0 Å². The first-order valence-corrected chi connectivity index (χ1v) is 4.89. The Morgan fingerprint density at radius 1 is 1.62 bits per heavy atom. The summed E-state index contributed by atoms with van der Waals surface area (Å²) in [6.45, 7) is 1.96. The van der Waals surface area contributed by atoms with Gasteiger partial charge in [0.1, 0.15) is 11.8 Å². The van der Waals surface area contributed by atoms with Gasteiger partial charge >= 0.3 is 0 Å². The summed E-state index contributed by atoms with van der Waals surface area (Å²) in [4.78, 5) is 11.6. The molecule has 4 N–H and O–H groups in total. The molecule has 0 fully saturated rings. The lowest BCUT2D eigenvalue weighted by Gasteiger charge is -2.13. The topological polar surface area (TPSA) is 84.6 Å².